The van der Waals surface area contributed by atoms with Gasteiger partial charge in [0.2, 0.25) is 5.91 Å². The average molecular weight is 269 g/mol. The highest BCUT2D eigenvalue weighted by atomic mass is 32.2. The van der Waals surface area contributed by atoms with E-state index in [2.05, 4.69) is 5.32 Å². The first-order valence-corrected chi connectivity index (χ1v) is 7.58. The number of benzene rings is 1. The Bertz CT molecular complexity index is 535. The Labute approximate surface area is 108 Å². The zero-order chi connectivity index (χ0) is 13.8. The average Bonchev–Trinajstić information content (AvgIpc) is 2.29. The fourth-order valence-corrected chi connectivity index (χ4v) is 2.72. The summed E-state index contributed by atoms with van der Waals surface area (Å²) >= 11 is 0. The van der Waals surface area contributed by atoms with E-state index < -0.39 is 21.5 Å². The summed E-state index contributed by atoms with van der Waals surface area (Å²) in [6.07, 6.45) is 0.787. The molecule has 1 aromatic rings. The molecule has 1 N–H and O–H groups in total. The van der Waals surface area contributed by atoms with Crippen molar-refractivity contribution in [3.05, 3.63) is 29.3 Å². The van der Waals surface area contributed by atoms with Crippen LogP contribution in [0.2, 0.25) is 0 Å². The van der Waals surface area contributed by atoms with Gasteiger partial charge in [-0.15, -0.1) is 0 Å². The van der Waals surface area contributed by atoms with Crippen LogP contribution in [0.15, 0.2) is 23.1 Å². The van der Waals surface area contributed by atoms with Gasteiger partial charge < -0.3 is 5.32 Å². The highest BCUT2D eigenvalue weighted by Gasteiger charge is 2.19. The van der Waals surface area contributed by atoms with E-state index >= 15 is 0 Å². The summed E-state index contributed by atoms with van der Waals surface area (Å²) in [4.78, 5) is 11.7. The van der Waals surface area contributed by atoms with Crippen molar-refractivity contribution in [3.8, 4) is 0 Å². The summed E-state index contributed by atoms with van der Waals surface area (Å²) < 4.78 is 24.0. The molecule has 0 radical (unpaired) electrons. The first-order chi connectivity index (χ1) is 8.36. The number of rotatable bonds is 5. The van der Waals surface area contributed by atoms with E-state index in [9.17, 15) is 13.2 Å². The smallest absolute Gasteiger partial charge is 0.235 e. The van der Waals surface area contributed by atoms with E-state index in [1.54, 1.807) is 18.2 Å². The molecule has 5 heteroatoms. The molecule has 0 aromatic heterocycles. The number of carbonyl (C=O) groups excluding carboxylic acids is 1. The van der Waals surface area contributed by atoms with Crippen LogP contribution < -0.4 is 5.32 Å². The second kappa shape index (κ2) is 6.00. The normalized spacial score (nSPS) is 11.3. The number of aryl methyl sites for hydroxylation is 2. The molecule has 0 aliphatic rings. The standard InChI is InChI=1S/C13H19NO3S/c1-4-7-14-13(15)9-18(16,17)12-6-5-10(2)11(3)8-12/h5-6,8H,4,7,9H2,1-3H3,(H,14,15). The minimum absolute atomic E-state index is 0.206. The maximum atomic E-state index is 12.0. The Morgan fingerprint density at radius 2 is 1.89 bits per heavy atom. The van der Waals surface area contributed by atoms with E-state index in [1.807, 2.05) is 20.8 Å². The zero-order valence-corrected chi connectivity index (χ0v) is 11.8. The van der Waals surface area contributed by atoms with Gasteiger partial charge in [0, 0.05) is 6.54 Å². The van der Waals surface area contributed by atoms with Crippen LogP contribution in [0, 0.1) is 13.8 Å². The Morgan fingerprint density at radius 3 is 2.44 bits per heavy atom. The maximum Gasteiger partial charge on any atom is 0.235 e. The molecule has 0 aliphatic heterocycles. The molecule has 0 spiro atoms. The molecule has 0 heterocycles. The van der Waals surface area contributed by atoms with E-state index in [0.29, 0.717) is 6.54 Å². The van der Waals surface area contributed by atoms with Crippen molar-refractivity contribution in [3.63, 3.8) is 0 Å². The maximum absolute atomic E-state index is 12.0. The van der Waals surface area contributed by atoms with E-state index in [1.165, 1.54) is 0 Å². The number of hydrogen-bond acceptors (Lipinski definition) is 3. The molecule has 1 rings (SSSR count). The predicted octanol–water partition coefficient (Wildman–Crippen LogP) is 1.60. The van der Waals surface area contributed by atoms with Crippen LogP contribution in [0.1, 0.15) is 24.5 Å². The minimum Gasteiger partial charge on any atom is -0.355 e. The first-order valence-electron chi connectivity index (χ1n) is 5.93. The van der Waals surface area contributed by atoms with E-state index in [4.69, 9.17) is 0 Å². The molecule has 18 heavy (non-hydrogen) atoms. The molecule has 1 aromatic carbocycles. The molecule has 4 nitrogen and oxygen atoms in total. The third kappa shape index (κ3) is 3.84. The van der Waals surface area contributed by atoms with Gasteiger partial charge >= 0.3 is 0 Å². The van der Waals surface area contributed by atoms with Gasteiger partial charge in [-0.25, -0.2) is 8.42 Å². The Hall–Kier alpha value is -1.36. The Morgan fingerprint density at radius 1 is 1.22 bits per heavy atom. The van der Waals surface area contributed by atoms with Gasteiger partial charge in [-0.3, -0.25) is 4.79 Å². The van der Waals surface area contributed by atoms with Gasteiger partial charge in [0.1, 0.15) is 5.75 Å². The molecule has 0 saturated heterocycles. The van der Waals surface area contributed by atoms with Gasteiger partial charge in [0.15, 0.2) is 9.84 Å². The van der Waals surface area contributed by atoms with Gasteiger partial charge in [-0.1, -0.05) is 13.0 Å². The summed E-state index contributed by atoms with van der Waals surface area (Å²) in [5.74, 6) is -0.940. The SMILES string of the molecule is CCCNC(=O)CS(=O)(=O)c1ccc(C)c(C)c1. The molecule has 0 atom stereocenters. The van der Waals surface area contributed by atoms with Crippen LogP contribution in [-0.2, 0) is 14.6 Å². The van der Waals surface area contributed by atoms with Crippen molar-refractivity contribution < 1.29 is 13.2 Å². The lowest BCUT2D eigenvalue weighted by Gasteiger charge is -2.07. The van der Waals surface area contributed by atoms with Crippen LogP contribution in [-0.4, -0.2) is 26.6 Å². The van der Waals surface area contributed by atoms with Gasteiger partial charge in [0.25, 0.3) is 0 Å². The lowest BCUT2D eigenvalue weighted by molar-refractivity contribution is -0.118. The lowest BCUT2D eigenvalue weighted by atomic mass is 10.1. The topological polar surface area (TPSA) is 63.2 Å². The van der Waals surface area contributed by atoms with Crippen LogP contribution in [0.4, 0.5) is 0 Å². The second-order valence-electron chi connectivity index (χ2n) is 4.36. The van der Waals surface area contributed by atoms with Crippen LogP contribution in [0.5, 0.6) is 0 Å². The van der Waals surface area contributed by atoms with Gasteiger partial charge in [0.05, 0.1) is 4.90 Å². The number of sulfone groups is 1. The van der Waals surface area contributed by atoms with Crippen LogP contribution in [0.3, 0.4) is 0 Å². The van der Waals surface area contributed by atoms with Gasteiger partial charge in [-0.05, 0) is 43.5 Å². The largest absolute Gasteiger partial charge is 0.355 e. The van der Waals surface area contributed by atoms with Crippen molar-refractivity contribution in [1.82, 2.24) is 5.32 Å². The fourth-order valence-electron chi connectivity index (χ4n) is 1.48. The number of amides is 1. The molecule has 0 saturated carbocycles. The number of nitrogens with one attached hydrogen (secondary N) is 1. The Kier molecular flexibility index (Phi) is 4.90. The van der Waals surface area contributed by atoms with Crippen molar-refractivity contribution in [2.24, 2.45) is 0 Å². The lowest BCUT2D eigenvalue weighted by Crippen LogP contribution is -2.30. The summed E-state index contributed by atoms with van der Waals surface area (Å²) in [5.41, 5.74) is 1.94. The van der Waals surface area contributed by atoms with Crippen molar-refractivity contribution in [2.45, 2.75) is 32.1 Å². The fraction of sp³-hybridized carbons (Fsp3) is 0.462. The highest BCUT2D eigenvalue weighted by molar-refractivity contribution is 7.92. The van der Waals surface area contributed by atoms with Crippen LogP contribution >= 0.6 is 0 Å². The third-order valence-electron chi connectivity index (χ3n) is 2.73. The zero-order valence-electron chi connectivity index (χ0n) is 11.0. The van der Waals surface area contributed by atoms with Crippen molar-refractivity contribution in [2.75, 3.05) is 12.3 Å². The third-order valence-corrected chi connectivity index (χ3v) is 4.35. The molecule has 0 bridgehead atoms. The molecular weight excluding hydrogens is 250 g/mol. The summed E-state index contributed by atoms with van der Waals surface area (Å²) in [5, 5.41) is 2.57. The molecule has 0 unspecified atom stereocenters. The molecule has 0 aliphatic carbocycles. The molecule has 100 valence electrons. The van der Waals surface area contributed by atoms with E-state index in [-0.39, 0.29) is 4.90 Å². The van der Waals surface area contributed by atoms with E-state index in [0.717, 1.165) is 17.5 Å². The Balaban J connectivity index is 2.86. The van der Waals surface area contributed by atoms with Crippen molar-refractivity contribution in [1.29, 1.82) is 0 Å². The monoisotopic (exact) mass is 269 g/mol. The predicted molar refractivity (Wildman–Crippen MR) is 71.3 cm³/mol. The van der Waals surface area contributed by atoms with Crippen LogP contribution in [0.25, 0.3) is 0 Å². The quantitative estimate of drug-likeness (QED) is 0.883. The van der Waals surface area contributed by atoms with Crippen molar-refractivity contribution >= 4 is 15.7 Å². The highest BCUT2D eigenvalue weighted by Crippen LogP contribution is 2.15. The first kappa shape index (κ1) is 14.7. The number of carbonyl (C=O) groups is 1. The number of hydrogen-bond donors (Lipinski definition) is 1. The van der Waals surface area contributed by atoms with Gasteiger partial charge in [-0.2, -0.15) is 0 Å². The minimum atomic E-state index is -3.54. The molecule has 0 fully saturated rings. The second-order valence-corrected chi connectivity index (χ2v) is 6.34. The summed E-state index contributed by atoms with van der Waals surface area (Å²) in [7, 11) is -3.54. The summed E-state index contributed by atoms with van der Waals surface area (Å²) in [6.45, 7) is 6.19. The molecular formula is C13H19NO3S. The molecule has 1 amide bonds. The summed E-state index contributed by atoms with van der Waals surface area (Å²) in [6, 6.07) is 4.91.